The molecular weight excluding hydrogens is 314 g/mol. The van der Waals surface area contributed by atoms with Crippen LogP contribution < -0.4 is 0 Å². The van der Waals surface area contributed by atoms with E-state index in [-0.39, 0.29) is 0 Å². The third kappa shape index (κ3) is 2.42. The van der Waals surface area contributed by atoms with Gasteiger partial charge in [-0.25, -0.2) is 15.0 Å². The van der Waals surface area contributed by atoms with E-state index >= 15 is 0 Å². The van der Waals surface area contributed by atoms with E-state index in [1.165, 1.54) is 47.9 Å². The zero-order chi connectivity index (χ0) is 15.1. The second-order valence-electron chi connectivity index (χ2n) is 5.73. The number of hydrogen-bond donors (Lipinski definition) is 1. The molecule has 0 atom stereocenters. The van der Waals surface area contributed by atoms with Crippen molar-refractivity contribution in [3.8, 4) is 0 Å². The van der Waals surface area contributed by atoms with E-state index < -0.39 is 0 Å². The molecule has 0 aliphatic heterocycles. The average molecular weight is 331 g/mol. The molecule has 22 heavy (non-hydrogen) atoms. The summed E-state index contributed by atoms with van der Waals surface area (Å²) in [5.41, 5.74) is 1.26. The van der Waals surface area contributed by atoms with Crippen molar-refractivity contribution in [2.45, 2.75) is 55.6 Å². The number of aromatic amines is 1. The highest BCUT2D eigenvalue weighted by molar-refractivity contribution is 7.99. The molecule has 0 aromatic carbocycles. The summed E-state index contributed by atoms with van der Waals surface area (Å²) in [6.07, 6.45) is 6.67. The van der Waals surface area contributed by atoms with Crippen LogP contribution in [0.2, 0.25) is 0 Å². The molecule has 114 valence electrons. The van der Waals surface area contributed by atoms with Gasteiger partial charge < -0.3 is 0 Å². The Balaban J connectivity index is 1.66. The molecule has 1 fully saturated rings. The Bertz CT molecular complexity index is 817. The number of nitrogens with zero attached hydrogens (tertiary/aromatic N) is 4. The molecule has 5 nitrogen and oxygen atoms in total. The van der Waals surface area contributed by atoms with E-state index in [2.05, 4.69) is 39.0 Å². The van der Waals surface area contributed by atoms with Gasteiger partial charge in [0.25, 0.3) is 0 Å². The lowest BCUT2D eigenvalue weighted by molar-refractivity contribution is 0.671. The Kier molecular flexibility index (Phi) is 3.62. The van der Waals surface area contributed by atoms with Crippen LogP contribution in [0.3, 0.4) is 0 Å². The van der Waals surface area contributed by atoms with Gasteiger partial charge >= 0.3 is 0 Å². The molecule has 0 bridgehead atoms. The molecule has 1 aliphatic rings. The first kappa shape index (κ1) is 14.1. The summed E-state index contributed by atoms with van der Waals surface area (Å²) in [4.78, 5) is 15.8. The van der Waals surface area contributed by atoms with Crippen LogP contribution in [0.4, 0.5) is 0 Å². The largest absolute Gasteiger partial charge is 0.262 e. The van der Waals surface area contributed by atoms with E-state index in [0.717, 1.165) is 26.2 Å². The van der Waals surface area contributed by atoms with Gasteiger partial charge in [-0.2, -0.15) is 0 Å². The van der Waals surface area contributed by atoms with E-state index in [1.807, 2.05) is 0 Å². The standard InChI is InChI=1S/C15H17N5S2/c1-8-9(2)21-13-11(8)14(17-7-16-13)22-15-18-12(19-20-15)10-5-3-4-6-10/h7,10H,3-6H2,1-2H3,(H,18,19,20). The molecule has 3 aromatic rings. The van der Waals surface area contributed by atoms with Crippen LogP contribution in [0.15, 0.2) is 16.5 Å². The zero-order valence-electron chi connectivity index (χ0n) is 12.6. The van der Waals surface area contributed by atoms with E-state index in [0.29, 0.717) is 5.92 Å². The molecule has 3 heterocycles. The fraction of sp³-hybridized carbons (Fsp3) is 0.467. The average Bonchev–Trinajstić information content (AvgIpc) is 3.21. The summed E-state index contributed by atoms with van der Waals surface area (Å²) in [7, 11) is 0. The maximum Gasteiger partial charge on any atom is 0.214 e. The van der Waals surface area contributed by atoms with Crippen LogP contribution in [-0.4, -0.2) is 25.1 Å². The number of nitrogens with one attached hydrogen (secondary N) is 1. The van der Waals surface area contributed by atoms with Gasteiger partial charge in [0.15, 0.2) is 0 Å². The summed E-state index contributed by atoms with van der Waals surface area (Å²) in [6.45, 7) is 4.25. The molecule has 1 saturated carbocycles. The van der Waals surface area contributed by atoms with Crippen LogP contribution in [-0.2, 0) is 0 Å². The van der Waals surface area contributed by atoms with Gasteiger partial charge in [0.1, 0.15) is 22.0 Å². The smallest absolute Gasteiger partial charge is 0.214 e. The van der Waals surface area contributed by atoms with Crippen LogP contribution in [0.1, 0.15) is 47.9 Å². The van der Waals surface area contributed by atoms with E-state index in [1.54, 1.807) is 17.7 Å². The second kappa shape index (κ2) is 5.62. The van der Waals surface area contributed by atoms with Gasteiger partial charge in [0.2, 0.25) is 5.16 Å². The highest BCUT2D eigenvalue weighted by Gasteiger charge is 2.21. The maximum atomic E-state index is 4.67. The number of hydrogen-bond acceptors (Lipinski definition) is 6. The SMILES string of the molecule is Cc1sc2ncnc(Sc3n[nH]c(C4CCCC4)n3)c2c1C. The molecule has 0 spiro atoms. The van der Waals surface area contributed by atoms with Crippen LogP contribution in [0, 0.1) is 13.8 Å². The van der Waals surface area contributed by atoms with E-state index in [9.17, 15) is 0 Å². The fourth-order valence-electron chi connectivity index (χ4n) is 3.00. The first-order valence-electron chi connectivity index (χ1n) is 7.53. The Morgan fingerprint density at radius 1 is 1.23 bits per heavy atom. The summed E-state index contributed by atoms with van der Waals surface area (Å²) >= 11 is 3.24. The highest BCUT2D eigenvalue weighted by Crippen LogP contribution is 2.37. The molecule has 4 rings (SSSR count). The van der Waals surface area contributed by atoms with Crippen LogP contribution in [0.5, 0.6) is 0 Å². The first-order valence-corrected chi connectivity index (χ1v) is 9.16. The summed E-state index contributed by atoms with van der Waals surface area (Å²) in [5.74, 6) is 1.58. The van der Waals surface area contributed by atoms with Crippen LogP contribution >= 0.6 is 23.1 Å². The highest BCUT2D eigenvalue weighted by atomic mass is 32.2. The van der Waals surface area contributed by atoms with Crippen molar-refractivity contribution in [2.24, 2.45) is 0 Å². The predicted octanol–water partition coefficient (Wildman–Crippen LogP) is 4.24. The van der Waals surface area contributed by atoms with Gasteiger partial charge in [-0.05, 0) is 44.0 Å². The fourth-order valence-corrected chi connectivity index (χ4v) is 4.92. The van der Waals surface area contributed by atoms with Crippen molar-refractivity contribution in [2.75, 3.05) is 0 Å². The van der Waals surface area contributed by atoms with Gasteiger partial charge in [0, 0.05) is 16.2 Å². The number of thiophene rings is 1. The number of aromatic nitrogens is 5. The minimum absolute atomic E-state index is 0.553. The normalized spacial score (nSPS) is 15.9. The minimum atomic E-state index is 0.553. The molecule has 3 aromatic heterocycles. The van der Waals surface area contributed by atoms with Gasteiger partial charge in [-0.1, -0.05) is 12.8 Å². The lowest BCUT2D eigenvalue weighted by Crippen LogP contribution is -1.94. The Morgan fingerprint density at radius 3 is 2.86 bits per heavy atom. The lowest BCUT2D eigenvalue weighted by atomic mass is 10.1. The van der Waals surface area contributed by atoms with Gasteiger partial charge in [-0.3, -0.25) is 5.10 Å². The van der Waals surface area contributed by atoms with Crippen molar-refractivity contribution in [1.29, 1.82) is 0 Å². The van der Waals surface area contributed by atoms with Crippen molar-refractivity contribution in [1.82, 2.24) is 25.1 Å². The first-order chi connectivity index (χ1) is 10.7. The molecule has 0 radical (unpaired) electrons. The molecular formula is C15H17N5S2. The maximum absolute atomic E-state index is 4.67. The molecule has 0 amide bonds. The third-order valence-electron chi connectivity index (χ3n) is 4.34. The monoisotopic (exact) mass is 331 g/mol. The summed E-state index contributed by atoms with van der Waals surface area (Å²) < 4.78 is 0. The quantitative estimate of drug-likeness (QED) is 0.727. The van der Waals surface area contributed by atoms with Gasteiger partial charge in [-0.15, -0.1) is 16.4 Å². The Morgan fingerprint density at radius 2 is 2.05 bits per heavy atom. The molecule has 1 N–H and O–H groups in total. The van der Waals surface area contributed by atoms with Crippen molar-refractivity contribution in [3.63, 3.8) is 0 Å². The van der Waals surface area contributed by atoms with Crippen molar-refractivity contribution in [3.05, 3.63) is 22.6 Å². The lowest BCUT2D eigenvalue weighted by Gasteiger charge is -2.02. The second-order valence-corrected chi connectivity index (χ2v) is 7.89. The Hall–Kier alpha value is -1.47. The zero-order valence-corrected chi connectivity index (χ0v) is 14.2. The molecule has 1 aliphatic carbocycles. The van der Waals surface area contributed by atoms with Crippen molar-refractivity contribution >= 4 is 33.3 Å². The van der Waals surface area contributed by atoms with E-state index in [4.69, 9.17) is 0 Å². The number of H-pyrrole nitrogens is 1. The third-order valence-corrected chi connectivity index (χ3v) is 6.33. The number of aryl methyl sites for hydroxylation is 2. The predicted molar refractivity (Wildman–Crippen MR) is 88.6 cm³/mol. The minimum Gasteiger partial charge on any atom is -0.262 e. The van der Waals surface area contributed by atoms with Crippen LogP contribution in [0.25, 0.3) is 10.2 Å². The molecule has 7 heteroatoms. The molecule has 0 saturated heterocycles. The summed E-state index contributed by atoms with van der Waals surface area (Å²) in [5, 5.41) is 10.3. The van der Waals surface area contributed by atoms with Crippen molar-refractivity contribution < 1.29 is 0 Å². The summed E-state index contributed by atoms with van der Waals surface area (Å²) in [6, 6.07) is 0. The van der Waals surface area contributed by atoms with Gasteiger partial charge in [0.05, 0.1) is 0 Å². The number of rotatable bonds is 3. The topological polar surface area (TPSA) is 67.3 Å². The number of fused-ring (bicyclic) bond motifs is 1. The Labute approximate surface area is 137 Å². The molecule has 0 unspecified atom stereocenters.